The number of anilines is 1. The van der Waals surface area contributed by atoms with Gasteiger partial charge in [0.15, 0.2) is 0 Å². The standard InChI is InChI=1S/C13H11FN6/c1-7-2-3-8(6-16-7)12-10(13-17-19-20-18-13)4-9(15)5-11(12)14/h2-6H,15H2,1H3,(H,17,18,19,20). The van der Waals surface area contributed by atoms with Crippen LogP contribution in [0.3, 0.4) is 0 Å². The molecular formula is C13H11FN6. The van der Waals surface area contributed by atoms with Gasteiger partial charge in [-0.15, -0.1) is 10.2 Å². The van der Waals surface area contributed by atoms with Crippen molar-refractivity contribution in [3.63, 3.8) is 0 Å². The van der Waals surface area contributed by atoms with Crippen molar-refractivity contribution in [1.82, 2.24) is 25.6 Å². The second kappa shape index (κ2) is 4.69. The molecule has 0 aliphatic carbocycles. The number of nitrogen functional groups attached to an aromatic ring is 1. The minimum absolute atomic E-state index is 0.284. The van der Waals surface area contributed by atoms with Gasteiger partial charge in [0.1, 0.15) is 5.82 Å². The predicted octanol–water partition coefficient (Wildman–Crippen LogP) is 1.96. The molecule has 2 heterocycles. The Morgan fingerprint density at radius 3 is 2.75 bits per heavy atom. The number of hydrogen-bond acceptors (Lipinski definition) is 5. The molecule has 0 saturated carbocycles. The van der Waals surface area contributed by atoms with Crippen LogP contribution in [0.25, 0.3) is 22.5 Å². The summed E-state index contributed by atoms with van der Waals surface area (Å²) in [5, 5.41) is 13.6. The number of aryl methyl sites for hydroxylation is 1. The smallest absolute Gasteiger partial charge is 0.205 e. The lowest BCUT2D eigenvalue weighted by atomic mass is 9.99. The van der Waals surface area contributed by atoms with Crippen LogP contribution >= 0.6 is 0 Å². The second-order valence-electron chi connectivity index (χ2n) is 4.35. The Hall–Kier alpha value is -2.83. The summed E-state index contributed by atoms with van der Waals surface area (Å²) in [6.45, 7) is 1.86. The fourth-order valence-corrected chi connectivity index (χ4v) is 1.99. The summed E-state index contributed by atoms with van der Waals surface area (Å²) >= 11 is 0. The van der Waals surface area contributed by atoms with Crippen molar-refractivity contribution in [2.24, 2.45) is 0 Å². The van der Waals surface area contributed by atoms with E-state index in [4.69, 9.17) is 5.73 Å². The highest BCUT2D eigenvalue weighted by Crippen LogP contribution is 2.33. The summed E-state index contributed by atoms with van der Waals surface area (Å²) in [6, 6.07) is 6.48. The molecule has 3 rings (SSSR count). The van der Waals surface area contributed by atoms with Gasteiger partial charge in [-0.3, -0.25) is 4.98 Å². The minimum Gasteiger partial charge on any atom is -0.399 e. The highest BCUT2D eigenvalue weighted by atomic mass is 19.1. The van der Waals surface area contributed by atoms with Crippen LogP contribution in [-0.2, 0) is 0 Å². The normalized spacial score (nSPS) is 10.7. The molecule has 0 amide bonds. The van der Waals surface area contributed by atoms with Crippen LogP contribution in [-0.4, -0.2) is 25.6 Å². The number of nitrogens with zero attached hydrogens (tertiary/aromatic N) is 4. The number of nitrogens with one attached hydrogen (secondary N) is 1. The molecule has 100 valence electrons. The van der Waals surface area contributed by atoms with Crippen molar-refractivity contribution in [1.29, 1.82) is 0 Å². The van der Waals surface area contributed by atoms with Gasteiger partial charge in [-0.25, -0.2) is 4.39 Å². The average molecular weight is 270 g/mol. The number of tetrazole rings is 1. The van der Waals surface area contributed by atoms with Crippen LogP contribution in [0.2, 0.25) is 0 Å². The third-order valence-electron chi connectivity index (χ3n) is 2.90. The lowest BCUT2D eigenvalue weighted by Crippen LogP contribution is -1.96. The number of H-pyrrole nitrogens is 1. The highest BCUT2D eigenvalue weighted by Gasteiger charge is 2.17. The Bertz CT molecular complexity index is 736. The number of rotatable bonds is 2. The van der Waals surface area contributed by atoms with Gasteiger partial charge in [-0.2, -0.15) is 5.21 Å². The predicted molar refractivity (Wildman–Crippen MR) is 72.0 cm³/mol. The zero-order chi connectivity index (χ0) is 14.1. The number of nitrogens with two attached hydrogens (primary N) is 1. The molecule has 1 aromatic carbocycles. The zero-order valence-electron chi connectivity index (χ0n) is 10.6. The molecule has 0 aliphatic heterocycles. The first-order valence-corrected chi connectivity index (χ1v) is 5.91. The fraction of sp³-hybridized carbons (Fsp3) is 0.0769. The molecule has 3 aromatic rings. The Kier molecular flexibility index (Phi) is 2.86. The average Bonchev–Trinajstić information content (AvgIpc) is 2.93. The van der Waals surface area contributed by atoms with E-state index in [0.717, 1.165) is 5.69 Å². The SMILES string of the molecule is Cc1ccc(-c2c(F)cc(N)cc2-c2nn[nH]n2)cn1. The molecule has 7 heteroatoms. The maximum atomic E-state index is 14.3. The van der Waals surface area contributed by atoms with E-state index in [1.807, 2.05) is 13.0 Å². The summed E-state index contributed by atoms with van der Waals surface area (Å²) in [6.07, 6.45) is 1.60. The van der Waals surface area contributed by atoms with Crippen LogP contribution in [0.5, 0.6) is 0 Å². The zero-order valence-corrected chi connectivity index (χ0v) is 10.6. The lowest BCUT2D eigenvalue weighted by molar-refractivity contribution is 0.632. The van der Waals surface area contributed by atoms with E-state index in [-0.39, 0.29) is 5.82 Å². The van der Waals surface area contributed by atoms with E-state index in [9.17, 15) is 4.39 Å². The lowest BCUT2D eigenvalue weighted by Gasteiger charge is -2.09. The molecule has 0 bridgehead atoms. The molecule has 0 unspecified atom stereocenters. The molecular weight excluding hydrogens is 259 g/mol. The van der Waals surface area contributed by atoms with Gasteiger partial charge in [-0.05, 0) is 30.3 Å². The van der Waals surface area contributed by atoms with Crippen LogP contribution in [0.4, 0.5) is 10.1 Å². The third-order valence-corrected chi connectivity index (χ3v) is 2.90. The van der Waals surface area contributed by atoms with Crippen molar-refractivity contribution in [2.75, 3.05) is 5.73 Å². The molecule has 0 atom stereocenters. The van der Waals surface area contributed by atoms with Crippen molar-refractivity contribution in [3.05, 3.63) is 42.0 Å². The fourth-order valence-electron chi connectivity index (χ4n) is 1.99. The molecule has 0 aliphatic rings. The molecule has 6 nitrogen and oxygen atoms in total. The van der Waals surface area contributed by atoms with Crippen LogP contribution in [0, 0.1) is 12.7 Å². The number of halogens is 1. The van der Waals surface area contributed by atoms with Gasteiger partial charge < -0.3 is 5.73 Å². The second-order valence-corrected chi connectivity index (χ2v) is 4.35. The largest absolute Gasteiger partial charge is 0.399 e. The summed E-state index contributed by atoms with van der Waals surface area (Å²) in [4.78, 5) is 4.18. The van der Waals surface area contributed by atoms with E-state index in [0.29, 0.717) is 22.4 Å². The van der Waals surface area contributed by atoms with Crippen LogP contribution in [0.1, 0.15) is 5.69 Å². The Morgan fingerprint density at radius 1 is 1.25 bits per heavy atom. The van der Waals surface area contributed by atoms with Crippen LogP contribution in [0.15, 0.2) is 30.5 Å². The summed E-state index contributed by atoms with van der Waals surface area (Å²) < 4.78 is 14.3. The van der Waals surface area contributed by atoms with E-state index in [1.54, 1.807) is 18.3 Å². The Balaban J connectivity index is 2.26. The van der Waals surface area contributed by atoms with E-state index < -0.39 is 5.82 Å². The summed E-state index contributed by atoms with van der Waals surface area (Å²) in [5.41, 5.74) is 8.31. The maximum Gasteiger partial charge on any atom is 0.205 e. The van der Waals surface area contributed by atoms with Gasteiger partial charge in [0.2, 0.25) is 5.82 Å². The number of aromatic nitrogens is 5. The molecule has 0 radical (unpaired) electrons. The Labute approximate surface area is 113 Å². The van der Waals surface area contributed by atoms with Gasteiger partial charge >= 0.3 is 0 Å². The van der Waals surface area contributed by atoms with Crippen molar-refractivity contribution in [2.45, 2.75) is 6.92 Å². The van der Waals surface area contributed by atoms with Gasteiger partial charge in [0.25, 0.3) is 0 Å². The molecule has 0 fully saturated rings. The van der Waals surface area contributed by atoms with E-state index >= 15 is 0 Å². The topological polar surface area (TPSA) is 93.4 Å². The van der Waals surface area contributed by atoms with Gasteiger partial charge in [0.05, 0.1) is 0 Å². The number of hydrogen-bond donors (Lipinski definition) is 2. The molecule has 0 saturated heterocycles. The highest BCUT2D eigenvalue weighted by molar-refractivity contribution is 5.82. The number of pyridine rings is 1. The molecule has 0 spiro atoms. The Morgan fingerprint density at radius 2 is 2.10 bits per heavy atom. The van der Waals surface area contributed by atoms with Crippen molar-refractivity contribution < 1.29 is 4.39 Å². The van der Waals surface area contributed by atoms with E-state index in [2.05, 4.69) is 25.6 Å². The molecule has 20 heavy (non-hydrogen) atoms. The number of aromatic amines is 1. The van der Waals surface area contributed by atoms with Crippen LogP contribution < -0.4 is 5.73 Å². The first-order chi connectivity index (χ1) is 9.65. The summed E-state index contributed by atoms with van der Waals surface area (Å²) in [5.74, 6) is -0.165. The molecule has 3 N–H and O–H groups in total. The quantitative estimate of drug-likeness (QED) is 0.694. The third kappa shape index (κ3) is 2.09. The van der Waals surface area contributed by atoms with Gasteiger partial charge in [-0.1, -0.05) is 6.07 Å². The van der Waals surface area contributed by atoms with E-state index in [1.165, 1.54) is 6.07 Å². The van der Waals surface area contributed by atoms with Crippen molar-refractivity contribution >= 4 is 5.69 Å². The summed E-state index contributed by atoms with van der Waals surface area (Å²) in [7, 11) is 0. The van der Waals surface area contributed by atoms with Gasteiger partial charge in [0, 0.05) is 34.3 Å². The number of benzene rings is 1. The first-order valence-electron chi connectivity index (χ1n) is 5.91. The monoisotopic (exact) mass is 270 g/mol. The maximum absolute atomic E-state index is 14.3. The minimum atomic E-state index is -0.449. The molecule has 2 aromatic heterocycles. The van der Waals surface area contributed by atoms with Crippen molar-refractivity contribution in [3.8, 4) is 22.5 Å². The first kappa shape index (κ1) is 12.2.